The summed E-state index contributed by atoms with van der Waals surface area (Å²) in [7, 11) is 0. The van der Waals surface area contributed by atoms with Crippen LogP contribution in [0.2, 0.25) is 0 Å². The van der Waals surface area contributed by atoms with Gasteiger partial charge in [-0.3, -0.25) is 4.79 Å². The maximum absolute atomic E-state index is 12.4. The fraction of sp³-hybridized carbons (Fsp3) is 0.615. The van der Waals surface area contributed by atoms with Gasteiger partial charge in [-0.15, -0.1) is 0 Å². The fourth-order valence-corrected chi connectivity index (χ4v) is 2.58. The van der Waals surface area contributed by atoms with E-state index in [0.717, 1.165) is 24.9 Å². The molecule has 0 bridgehead atoms. The van der Waals surface area contributed by atoms with Crippen LogP contribution >= 0.6 is 0 Å². The quantitative estimate of drug-likeness (QED) is 0.851. The van der Waals surface area contributed by atoms with E-state index < -0.39 is 0 Å². The van der Waals surface area contributed by atoms with Crippen molar-refractivity contribution in [3.8, 4) is 0 Å². The van der Waals surface area contributed by atoms with Gasteiger partial charge in [0.25, 0.3) is 5.91 Å². The van der Waals surface area contributed by atoms with Gasteiger partial charge >= 0.3 is 0 Å². The van der Waals surface area contributed by atoms with Gasteiger partial charge in [0.1, 0.15) is 0 Å². The summed E-state index contributed by atoms with van der Waals surface area (Å²) in [6.45, 7) is 5.35. The van der Waals surface area contributed by atoms with Crippen LogP contribution in [0, 0.1) is 12.8 Å². The van der Waals surface area contributed by atoms with Crippen molar-refractivity contribution in [3.63, 3.8) is 0 Å². The number of nitrogens with zero attached hydrogens (tertiary/aromatic N) is 1. The SMILES string of the molecule is Cc1ccoc1C(=O)N1CCC[C@H](C)[C@H]1CN. The highest BCUT2D eigenvalue weighted by atomic mass is 16.3. The van der Waals surface area contributed by atoms with Gasteiger partial charge in [-0.2, -0.15) is 0 Å². The molecule has 2 N–H and O–H groups in total. The van der Waals surface area contributed by atoms with Gasteiger partial charge in [-0.1, -0.05) is 6.92 Å². The maximum Gasteiger partial charge on any atom is 0.290 e. The summed E-state index contributed by atoms with van der Waals surface area (Å²) in [6.07, 6.45) is 3.75. The summed E-state index contributed by atoms with van der Waals surface area (Å²) < 4.78 is 5.28. The largest absolute Gasteiger partial charge is 0.459 e. The molecule has 1 aliphatic heterocycles. The second kappa shape index (κ2) is 4.92. The molecule has 4 heteroatoms. The Kier molecular flexibility index (Phi) is 3.52. The molecule has 0 aromatic carbocycles. The van der Waals surface area contributed by atoms with Crippen LogP contribution in [-0.2, 0) is 0 Å². The van der Waals surface area contributed by atoms with Gasteiger partial charge < -0.3 is 15.1 Å². The Morgan fingerprint density at radius 3 is 3.00 bits per heavy atom. The molecule has 94 valence electrons. The summed E-state index contributed by atoms with van der Waals surface area (Å²) in [5.74, 6) is 0.903. The first-order valence-electron chi connectivity index (χ1n) is 6.20. The van der Waals surface area contributed by atoms with E-state index in [0.29, 0.717) is 18.2 Å². The normalized spacial score (nSPS) is 25.0. The minimum atomic E-state index is -0.0190. The molecule has 0 saturated carbocycles. The molecule has 2 heterocycles. The van der Waals surface area contributed by atoms with Crippen LogP contribution in [0.3, 0.4) is 0 Å². The van der Waals surface area contributed by atoms with Crippen LogP contribution in [-0.4, -0.2) is 29.9 Å². The molecule has 0 unspecified atom stereocenters. The standard InChI is InChI=1S/C13H20N2O2/c1-9-4-3-6-15(11(9)8-14)13(16)12-10(2)5-7-17-12/h5,7,9,11H,3-4,6,8,14H2,1-2H3/t9-,11+/m0/s1. The van der Waals surface area contributed by atoms with E-state index in [4.69, 9.17) is 10.2 Å². The molecule has 1 saturated heterocycles. The Hall–Kier alpha value is -1.29. The minimum absolute atomic E-state index is 0.0190. The van der Waals surface area contributed by atoms with Gasteiger partial charge in [0.05, 0.1) is 6.26 Å². The Morgan fingerprint density at radius 1 is 1.65 bits per heavy atom. The average Bonchev–Trinajstić information content (AvgIpc) is 2.74. The zero-order chi connectivity index (χ0) is 12.4. The van der Waals surface area contributed by atoms with E-state index in [9.17, 15) is 4.79 Å². The molecule has 1 aliphatic rings. The van der Waals surface area contributed by atoms with Crippen LogP contribution in [0.25, 0.3) is 0 Å². The second-order valence-corrected chi connectivity index (χ2v) is 4.85. The predicted octanol–water partition coefficient (Wildman–Crippen LogP) is 1.79. The smallest absolute Gasteiger partial charge is 0.290 e. The van der Waals surface area contributed by atoms with E-state index in [2.05, 4.69) is 6.92 Å². The molecule has 0 aliphatic carbocycles. The Morgan fingerprint density at radius 2 is 2.41 bits per heavy atom. The molecule has 17 heavy (non-hydrogen) atoms. The number of carbonyl (C=O) groups excluding carboxylic acids is 1. The van der Waals surface area contributed by atoms with Gasteiger partial charge in [-0.25, -0.2) is 0 Å². The van der Waals surface area contributed by atoms with E-state index >= 15 is 0 Å². The Balaban J connectivity index is 2.21. The van der Waals surface area contributed by atoms with Crippen molar-refractivity contribution in [2.24, 2.45) is 11.7 Å². The second-order valence-electron chi connectivity index (χ2n) is 4.85. The topological polar surface area (TPSA) is 59.5 Å². The van der Waals surface area contributed by atoms with Crippen molar-refractivity contribution < 1.29 is 9.21 Å². The van der Waals surface area contributed by atoms with Crippen LogP contribution < -0.4 is 5.73 Å². The number of rotatable bonds is 2. The number of likely N-dealkylation sites (tertiary alicyclic amines) is 1. The molecular weight excluding hydrogens is 216 g/mol. The van der Waals surface area contributed by atoms with E-state index in [1.54, 1.807) is 6.26 Å². The van der Waals surface area contributed by atoms with Crippen LogP contribution in [0.5, 0.6) is 0 Å². The summed E-state index contributed by atoms with van der Waals surface area (Å²) in [6, 6.07) is 1.96. The van der Waals surface area contributed by atoms with E-state index in [1.165, 1.54) is 0 Å². The monoisotopic (exact) mass is 236 g/mol. The number of piperidine rings is 1. The Bertz CT molecular complexity index is 400. The molecule has 0 radical (unpaired) electrons. The first kappa shape index (κ1) is 12.2. The van der Waals surface area contributed by atoms with Gasteiger partial charge in [-0.05, 0) is 31.7 Å². The van der Waals surface area contributed by atoms with E-state index in [-0.39, 0.29) is 11.9 Å². The summed E-state index contributed by atoms with van der Waals surface area (Å²) in [5.41, 5.74) is 6.68. The van der Waals surface area contributed by atoms with E-state index in [1.807, 2.05) is 17.9 Å². The van der Waals surface area contributed by atoms with Crippen molar-refractivity contribution in [3.05, 3.63) is 23.7 Å². The molecular formula is C13H20N2O2. The van der Waals surface area contributed by atoms with Gasteiger partial charge in [0, 0.05) is 24.7 Å². The van der Waals surface area contributed by atoms with Gasteiger partial charge in [0.2, 0.25) is 0 Å². The lowest BCUT2D eigenvalue weighted by molar-refractivity contribution is 0.0500. The zero-order valence-electron chi connectivity index (χ0n) is 10.5. The van der Waals surface area contributed by atoms with Crippen molar-refractivity contribution in [2.45, 2.75) is 32.7 Å². The lowest BCUT2D eigenvalue weighted by Crippen LogP contribution is -2.51. The van der Waals surface area contributed by atoms with Crippen molar-refractivity contribution >= 4 is 5.91 Å². The summed E-state index contributed by atoms with van der Waals surface area (Å²) in [5, 5.41) is 0. The highest BCUT2D eigenvalue weighted by molar-refractivity contribution is 5.93. The molecule has 2 rings (SSSR count). The van der Waals surface area contributed by atoms with Crippen LogP contribution in [0.1, 0.15) is 35.9 Å². The first-order chi connectivity index (χ1) is 8.15. The average molecular weight is 236 g/mol. The molecule has 2 atom stereocenters. The fourth-order valence-electron chi connectivity index (χ4n) is 2.58. The maximum atomic E-state index is 12.4. The molecule has 1 aromatic rings. The van der Waals surface area contributed by atoms with Crippen molar-refractivity contribution in [1.82, 2.24) is 4.90 Å². The number of carbonyl (C=O) groups is 1. The number of amides is 1. The lowest BCUT2D eigenvalue weighted by Gasteiger charge is -2.39. The van der Waals surface area contributed by atoms with Crippen molar-refractivity contribution in [2.75, 3.05) is 13.1 Å². The number of nitrogens with two attached hydrogens (primary N) is 1. The predicted molar refractivity (Wildman–Crippen MR) is 65.7 cm³/mol. The molecule has 4 nitrogen and oxygen atoms in total. The van der Waals surface area contributed by atoms with Gasteiger partial charge in [0.15, 0.2) is 5.76 Å². The minimum Gasteiger partial charge on any atom is -0.459 e. The zero-order valence-corrected chi connectivity index (χ0v) is 10.5. The highest BCUT2D eigenvalue weighted by Gasteiger charge is 2.32. The molecule has 0 spiro atoms. The number of hydrogen-bond acceptors (Lipinski definition) is 3. The summed E-state index contributed by atoms with van der Waals surface area (Å²) >= 11 is 0. The first-order valence-corrected chi connectivity index (χ1v) is 6.20. The Labute approximate surface area is 102 Å². The molecule has 1 amide bonds. The number of aryl methyl sites for hydroxylation is 1. The third kappa shape index (κ3) is 2.22. The number of hydrogen-bond donors (Lipinski definition) is 1. The van der Waals surface area contributed by atoms with Crippen LogP contribution in [0.4, 0.5) is 0 Å². The number of furan rings is 1. The van der Waals surface area contributed by atoms with Crippen molar-refractivity contribution in [1.29, 1.82) is 0 Å². The third-order valence-corrected chi connectivity index (χ3v) is 3.67. The third-order valence-electron chi connectivity index (χ3n) is 3.67. The molecule has 1 aromatic heterocycles. The molecule has 1 fully saturated rings. The van der Waals surface area contributed by atoms with Crippen LogP contribution in [0.15, 0.2) is 16.7 Å². The highest BCUT2D eigenvalue weighted by Crippen LogP contribution is 2.25. The lowest BCUT2D eigenvalue weighted by atomic mass is 9.90. The summed E-state index contributed by atoms with van der Waals surface area (Å²) in [4.78, 5) is 14.2.